The third-order valence-corrected chi connectivity index (χ3v) is 6.66. The lowest BCUT2D eigenvalue weighted by molar-refractivity contribution is 0.283. The summed E-state index contributed by atoms with van der Waals surface area (Å²) in [5, 5.41) is -2.62. The molecule has 0 aromatic rings. The SMILES string of the molecule is CCOS(=O)(=O)O.ClC1C(Cl)C(Cl)C(Cl)C(Cl)C1Cl. The minimum absolute atomic E-state index is 0.0289. The van der Waals surface area contributed by atoms with Crippen molar-refractivity contribution in [2.24, 2.45) is 0 Å². The molecule has 0 heterocycles. The minimum atomic E-state index is -4.17. The van der Waals surface area contributed by atoms with Crippen LogP contribution in [-0.2, 0) is 14.6 Å². The van der Waals surface area contributed by atoms with Crippen molar-refractivity contribution in [3.63, 3.8) is 0 Å². The first-order valence-corrected chi connectivity index (χ1v) is 8.97. The molecular weight excluding hydrogens is 405 g/mol. The molecular formula is C8H12Cl6O4S. The van der Waals surface area contributed by atoms with Gasteiger partial charge in [0.25, 0.3) is 0 Å². The van der Waals surface area contributed by atoms with Crippen LogP contribution >= 0.6 is 69.6 Å². The number of halogens is 6. The molecule has 4 nitrogen and oxygen atoms in total. The first-order valence-electron chi connectivity index (χ1n) is 4.99. The fraction of sp³-hybridized carbons (Fsp3) is 1.00. The quantitative estimate of drug-likeness (QED) is 0.553. The van der Waals surface area contributed by atoms with Gasteiger partial charge < -0.3 is 0 Å². The van der Waals surface area contributed by atoms with Crippen LogP contribution in [0.5, 0.6) is 0 Å². The summed E-state index contributed by atoms with van der Waals surface area (Å²) in [7, 11) is -4.17. The van der Waals surface area contributed by atoms with Gasteiger partial charge in [-0.2, -0.15) is 8.42 Å². The molecule has 0 saturated heterocycles. The average molecular weight is 417 g/mol. The summed E-state index contributed by atoms with van der Waals surface area (Å²) in [6.45, 7) is 1.44. The zero-order valence-electron chi connectivity index (χ0n) is 9.52. The Kier molecular flexibility index (Phi) is 9.66. The zero-order chi connectivity index (χ0) is 15.4. The normalized spacial score (nSPS) is 39.4. The van der Waals surface area contributed by atoms with Crippen LogP contribution in [-0.4, -0.2) is 51.8 Å². The number of hydrogen-bond acceptors (Lipinski definition) is 3. The van der Waals surface area contributed by atoms with E-state index in [2.05, 4.69) is 4.18 Å². The first kappa shape index (κ1) is 20.6. The molecule has 11 heteroatoms. The van der Waals surface area contributed by atoms with E-state index in [9.17, 15) is 8.42 Å². The molecule has 1 aliphatic rings. The summed E-state index contributed by atoms with van der Waals surface area (Å²) in [6.07, 6.45) is 0. The van der Waals surface area contributed by atoms with Gasteiger partial charge in [-0.15, -0.1) is 69.6 Å². The van der Waals surface area contributed by atoms with E-state index < -0.39 is 42.7 Å². The molecule has 0 aromatic carbocycles. The fourth-order valence-electron chi connectivity index (χ4n) is 1.20. The largest absolute Gasteiger partial charge is 0.397 e. The minimum Gasteiger partial charge on any atom is -0.264 e. The summed E-state index contributed by atoms with van der Waals surface area (Å²) >= 11 is 35.3. The lowest BCUT2D eigenvalue weighted by Crippen LogP contribution is -2.52. The smallest absolute Gasteiger partial charge is 0.264 e. The van der Waals surface area contributed by atoms with Gasteiger partial charge in [-0.25, -0.2) is 4.18 Å². The van der Waals surface area contributed by atoms with Crippen molar-refractivity contribution in [2.45, 2.75) is 39.2 Å². The number of rotatable bonds is 2. The molecule has 0 bridgehead atoms. The van der Waals surface area contributed by atoms with Gasteiger partial charge in [-0.3, -0.25) is 4.55 Å². The second-order valence-corrected chi connectivity index (χ2v) is 7.62. The van der Waals surface area contributed by atoms with E-state index in [4.69, 9.17) is 74.2 Å². The Morgan fingerprint density at radius 2 is 1.05 bits per heavy atom. The molecule has 0 amide bonds. The Labute approximate surface area is 142 Å². The van der Waals surface area contributed by atoms with Crippen molar-refractivity contribution >= 4 is 80.0 Å². The maximum absolute atomic E-state index is 9.56. The highest BCUT2D eigenvalue weighted by Crippen LogP contribution is 2.39. The first-order chi connectivity index (χ1) is 8.52. The summed E-state index contributed by atoms with van der Waals surface area (Å²) < 4.78 is 30.7. The van der Waals surface area contributed by atoms with E-state index in [1.165, 1.54) is 6.92 Å². The van der Waals surface area contributed by atoms with Crippen LogP contribution in [0.15, 0.2) is 0 Å². The Hall–Kier alpha value is 1.61. The van der Waals surface area contributed by atoms with E-state index in [-0.39, 0.29) is 6.61 Å². The third kappa shape index (κ3) is 6.94. The number of hydrogen-bond donors (Lipinski definition) is 1. The van der Waals surface area contributed by atoms with Gasteiger partial charge in [-0.05, 0) is 6.92 Å². The van der Waals surface area contributed by atoms with Crippen LogP contribution in [0.1, 0.15) is 6.92 Å². The maximum atomic E-state index is 9.56. The molecule has 0 atom stereocenters. The lowest BCUT2D eigenvalue weighted by Gasteiger charge is -2.37. The second kappa shape index (κ2) is 8.91. The van der Waals surface area contributed by atoms with Gasteiger partial charge in [0.15, 0.2) is 0 Å². The molecule has 116 valence electrons. The molecule has 1 rings (SSSR count). The molecule has 0 aromatic heterocycles. The van der Waals surface area contributed by atoms with Crippen molar-refractivity contribution in [1.82, 2.24) is 0 Å². The molecule has 0 radical (unpaired) electrons. The predicted molar refractivity (Wildman–Crippen MR) is 81.0 cm³/mol. The fourth-order valence-corrected chi connectivity index (χ4v) is 3.83. The van der Waals surface area contributed by atoms with Gasteiger partial charge in [0, 0.05) is 0 Å². The van der Waals surface area contributed by atoms with Gasteiger partial charge in [0.1, 0.15) is 0 Å². The Morgan fingerprint density at radius 3 is 1.11 bits per heavy atom. The van der Waals surface area contributed by atoms with E-state index in [1.54, 1.807) is 0 Å². The van der Waals surface area contributed by atoms with Crippen molar-refractivity contribution in [1.29, 1.82) is 0 Å². The van der Waals surface area contributed by atoms with Gasteiger partial charge >= 0.3 is 10.4 Å². The summed E-state index contributed by atoms with van der Waals surface area (Å²) in [5.74, 6) is 0. The Balaban J connectivity index is 0.000000399. The summed E-state index contributed by atoms with van der Waals surface area (Å²) in [4.78, 5) is 0. The number of alkyl halides is 6. The van der Waals surface area contributed by atoms with E-state index in [0.717, 1.165) is 0 Å². The van der Waals surface area contributed by atoms with Gasteiger partial charge in [0.2, 0.25) is 0 Å². The monoisotopic (exact) mass is 414 g/mol. The van der Waals surface area contributed by atoms with Gasteiger partial charge in [0.05, 0.1) is 38.9 Å². The van der Waals surface area contributed by atoms with E-state index in [1.807, 2.05) is 0 Å². The van der Waals surface area contributed by atoms with Gasteiger partial charge in [-0.1, -0.05) is 0 Å². The molecule has 0 spiro atoms. The molecule has 1 aliphatic carbocycles. The Bertz CT molecular complexity index is 308. The standard InChI is InChI=1S/C6H6Cl6.C2H6O4S/c7-1-2(8)4(10)6(12)5(11)3(1)9;1-2-6-7(3,4)5/h1-6H;2H2,1H3,(H,3,4,5). The van der Waals surface area contributed by atoms with Crippen molar-refractivity contribution in [3.05, 3.63) is 0 Å². The van der Waals surface area contributed by atoms with Crippen LogP contribution in [0.2, 0.25) is 0 Å². The second-order valence-electron chi connectivity index (χ2n) is 3.50. The highest BCUT2D eigenvalue weighted by molar-refractivity contribution is 7.80. The molecule has 1 N–H and O–H groups in total. The third-order valence-electron chi connectivity index (χ3n) is 2.09. The molecule has 0 unspecified atom stereocenters. The molecule has 0 aliphatic heterocycles. The zero-order valence-corrected chi connectivity index (χ0v) is 14.9. The van der Waals surface area contributed by atoms with Crippen LogP contribution in [0.25, 0.3) is 0 Å². The van der Waals surface area contributed by atoms with Crippen LogP contribution in [0.4, 0.5) is 0 Å². The van der Waals surface area contributed by atoms with Crippen LogP contribution in [0, 0.1) is 0 Å². The van der Waals surface area contributed by atoms with Crippen molar-refractivity contribution in [3.8, 4) is 0 Å². The average Bonchev–Trinajstić information content (AvgIpc) is 2.31. The summed E-state index contributed by atoms with van der Waals surface area (Å²) in [6, 6.07) is 0. The molecule has 1 fully saturated rings. The summed E-state index contributed by atoms with van der Waals surface area (Å²) in [5.41, 5.74) is 0. The van der Waals surface area contributed by atoms with Crippen molar-refractivity contribution < 1.29 is 17.2 Å². The van der Waals surface area contributed by atoms with E-state index in [0.29, 0.717) is 0 Å². The molecule has 19 heavy (non-hydrogen) atoms. The lowest BCUT2D eigenvalue weighted by atomic mass is 9.97. The predicted octanol–water partition coefficient (Wildman–Crippen LogP) is 3.47. The highest BCUT2D eigenvalue weighted by Gasteiger charge is 2.46. The Morgan fingerprint density at radius 1 is 0.842 bits per heavy atom. The molecule has 1 saturated carbocycles. The highest BCUT2D eigenvalue weighted by atomic mass is 35.5. The maximum Gasteiger partial charge on any atom is 0.397 e. The van der Waals surface area contributed by atoms with E-state index >= 15 is 0 Å². The van der Waals surface area contributed by atoms with Crippen LogP contribution in [0.3, 0.4) is 0 Å². The van der Waals surface area contributed by atoms with Crippen LogP contribution < -0.4 is 0 Å². The van der Waals surface area contributed by atoms with Crippen molar-refractivity contribution in [2.75, 3.05) is 6.61 Å². The topological polar surface area (TPSA) is 63.6 Å².